The molecule has 0 spiro atoms. The maximum atomic E-state index is 12.2. The van der Waals surface area contributed by atoms with Crippen molar-refractivity contribution in [1.29, 1.82) is 0 Å². The number of nitrogens with two attached hydrogens (primary N) is 1. The Labute approximate surface area is 133 Å². The van der Waals surface area contributed by atoms with E-state index in [1.807, 2.05) is 36.1 Å². The Balaban J connectivity index is 1.85. The molecule has 0 aromatic heterocycles. The van der Waals surface area contributed by atoms with E-state index in [0.717, 1.165) is 36.1 Å². The number of primary amides is 1. The summed E-state index contributed by atoms with van der Waals surface area (Å²) in [7, 11) is 0. The third-order valence-electron chi connectivity index (χ3n) is 3.97. The van der Waals surface area contributed by atoms with Gasteiger partial charge < -0.3 is 11.1 Å². The first-order valence-corrected chi connectivity index (χ1v) is 7.86. The van der Waals surface area contributed by atoms with Crippen LogP contribution in [0.1, 0.15) is 19.8 Å². The van der Waals surface area contributed by atoms with Crippen LogP contribution < -0.4 is 11.1 Å². The smallest absolute Gasteiger partial charge is 0.234 e. The minimum atomic E-state index is -0.312. The van der Waals surface area contributed by atoms with Crippen LogP contribution in [0.25, 0.3) is 0 Å². The van der Waals surface area contributed by atoms with Crippen LogP contribution in [0.15, 0.2) is 28.7 Å². The van der Waals surface area contributed by atoms with Gasteiger partial charge in [0, 0.05) is 16.1 Å². The second-order valence-electron chi connectivity index (χ2n) is 5.38. The first-order valence-electron chi connectivity index (χ1n) is 7.07. The van der Waals surface area contributed by atoms with Crippen LogP contribution in [0.3, 0.4) is 0 Å². The second kappa shape index (κ2) is 7.04. The maximum absolute atomic E-state index is 12.2. The lowest BCUT2D eigenvalue weighted by molar-refractivity contribution is -0.124. The van der Waals surface area contributed by atoms with E-state index in [-0.39, 0.29) is 23.8 Å². The van der Waals surface area contributed by atoms with Gasteiger partial charge in [0.05, 0.1) is 6.04 Å². The van der Waals surface area contributed by atoms with Gasteiger partial charge in [0.2, 0.25) is 11.8 Å². The average Bonchev–Trinajstić information content (AvgIpc) is 2.49. The highest BCUT2D eigenvalue weighted by atomic mass is 79.9. The molecule has 1 aliphatic rings. The quantitative estimate of drug-likeness (QED) is 0.868. The molecular weight excluding hydrogens is 334 g/mol. The Morgan fingerprint density at radius 2 is 1.86 bits per heavy atom. The van der Waals surface area contributed by atoms with Crippen molar-refractivity contribution in [3.63, 3.8) is 0 Å². The molecule has 1 aliphatic heterocycles. The fourth-order valence-corrected chi connectivity index (χ4v) is 2.77. The fourth-order valence-electron chi connectivity index (χ4n) is 2.51. The highest BCUT2D eigenvalue weighted by molar-refractivity contribution is 9.10. The van der Waals surface area contributed by atoms with E-state index in [1.54, 1.807) is 0 Å². The predicted molar refractivity (Wildman–Crippen MR) is 85.7 cm³/mol. The molecule has 6 heteroatoms. The zero-order valence-corrected chi connectivity index (χ0v) is 13.6. The molecule has 0 aliphatic carbocycles. The number of benzene rings is 1. The van der Waals surface area contributed by atoms with Crippen LogP contribution in [0.4, 0.5) is 5.69 Å². The Morgan fingerprint density at radius 1 is 1.29 bits per heavy atom. The summed E-state index contributed by atoms with van der Waals surface area (Å²) in [6, 6.07) is 7.26. The number of hydrogen-bond donors (Lipinski definition) is 2. The van der Waals surface area contributed by atoms with Gasteiger partial charge in [-0.05, 0) is 57.1 Å². The number of halogens is 1. The second-order valence-corrected chi connectivity index (χ2v) is 6.30. The third-order valence-corrected chi connectivity index (χ3v) is 4.50. The van der Waals surface area contributed by atoms with Gasteiger partial charge in [0.15, 0.2) is 0 Å². The molecule has 1 fully saturated rings. The molecule has 2 amide bonds. The number of rotatable bonds is 4. The van der Waals surface area contributed by atoms with Gasteiger partial charge in [-0.1, -0.05) is 15.9 Å². The number of amides is 2. The van der Waals surface area contributed by atoms with Crippen molar-refractivity contribution in [3.8, 4) is 0 Å². The van der Waals surface area contributed by atoms with Crippen molar-refractivity contribution in [1.82, 2.24) is 4.90 Å². The highest BCUT2D eigenvalue weighted by Crippen LogP contribution is 2.21. The summed E-state index contributed by atoms with van der Waals surface area (Å²) in [6.45, 7) is 3.26. The third kappa shape index (κ3) is 4.28. The highest BCUT2D eigenvalue weighted by Gasteiger charge is 2.28. The summed E-state index contributed by atoms with van der Waals surface area (Å²) in [5.74, 6) is -0.276. The van der Waals surface area contributed by atoms with E-state index < -0.39 is 0 Å². The fraction of sp³-hybridized carbons (Fsp3) is 0.467. The lowest BCUT2D eigenvalue weighted by atomic mass is 9.95. The molecule has 0 radical (unpaired) electrons. The molecule has 21 heavy (non-hydrogen) atoms. The summed E-state index contributed by atoms with van der Waals surface area (Å²) in [5, 5.41) is 2.94. The summed E-state index contributed by atoms with van der Waals surface area (Å²) in [4.78, 5) is 25.4. The number of hydrogen-bond acceptors (Lipinski definition) is 3. The van der Waals surface area contributed by atoms with Gasteiger partial charge in [-0.3, -0.25) is 14.5 Å². The van der Waals surface area contributed by atoms with Gasteiger partial charge in [-0.25, -0.2) is 0 Å². The average molecular weight is 354 g/mol. The number of anilines is 1. The monoisotopic (exact) mass is 353 g/mol. The summed E-state index contributed by atoms with van der Waals surface area (Å²) < 4.78 is 0.981. The minimum Gasteiger partial charge on any atom is -0.368 e. The Bertz CT molecular complexity index is 510. The van der Waals surface area contributed by atoms with Crippen molar-refractivity contribution < 1.29 is 9.59 Å². The van der Waals surface area contributed by atoms with Crippen molar-refractivity contribution in [2.75, 3.05) is 18.4 Å². The first kappa shape index (κ1) is 16.0. The SMILES string of the molecule is C[C@H](C(N)=O)N1CCC(C(=O)Nc2ccc(Br)cc2)CC1. The Morgan fingerprint density at radius 3 is 2.38 bits per heavy atom. The molecule has 0 saturated carbocycles. The van der Waals surface area contributed by atoms with Crippen molar-refractivity contribution >= 4 is 33.4 Å². The largest absolute Gasteiger partial charge is 0.368 e. The molecular formula is C15H20BrN3O2. The van der Waals surface area contributed by atoms with Crippen molar-refractivity contribution in [2.45, 2.75) is 25.8 Å². The predicted octanol–water partition coefficient (Wildman–Crippen LogP) is 1.97. The van der Waals surface area contributed by atoms with E-state index in [1.165, 1.54) is 0 Å². The van der Waals surface area contributed by atoms with Crippen LogP contribution in [0, 0.1) is 5.92 Å². The summed E-state index contributed by atoms with van der Waals surface area (Å²) in [6.07, 6.45) is 1.50. The van der Waals surface area contributed by atoms with Crippen LogP contribution in [-0.2, 0) is 9.59 Å². The molecule has 1 heterocycles. The van der Waals surface area contributed by atoms with Gasteiger partial charge >= 0.3 is 0 Å². The zero-order chi connectivity index (χ0) is 15.4. The number of piperidine rings is 1. The topological polar surface area (TPSA) is 75.4 Å². The number of nitrogens with one attached hydrogen (secondary N) is 1. The van der Waals surface area contributed by atoms with Crippen LogP contribution in [0.2, 0.25) is 0 Å². The number of likely N-dealkylation sites (tertiary alicyclic amines) is 1. The molecule has 2 rings (SSSR count). The molecule has 114 valence electrons. The molecule has 0 unspecified atom stereocenters. The molecule has 3 N–H and O–H groups in total. The van der Waals surface area contributed by atoms with Crippen LogP contribution >= 0.6 is 15.9 Å². The normalized spacial score (nSPS) is 18.2. The van der Waals surface area contributed by atoms with E-state index in [2.05, 4.69) is 21.2 Å². The molecule has 1 aromatic rings. The van der Waals surface area contributed by atoms with Crippen molar-refractivity contribution in [2.24, 2.45) is 11.7 Å². The molecule has 5 nitrogen and oxygen atoms in total. The van der Waals surface area contributed by atoms with Crippen LogP contribution in [-0.4, -0.2) is 35.8 Å². The van der Waals surface area contributed by atoms with E-state index in [0.29, 0.717) is 0 Å². The standard InChI is InChI=1S/C15H20BrN3O2/c1-10(14(17)20)19-8-6-11(7-9-19)15(21)18-13-4-2-12(16)3-5-13/h2-5,10-11H,6-9H2,1H3,(H2,17,20)(H,18,21)/t10-/m1/s1. The number of carbonyl (C=O) groups is 2. The minimum absolute atomic E-state index is 0.00928. The Hall–Kier alpha value is -1.40. The van der Waals surface area contributed by atoms with Gasteiger partial charge in [0.1, 0.15) is 0 Å². The zero-order valence-electron chi connectivity index (χ0n) is 12.0. The van der Waals surface area contributed by atoms with Gasteiger partial charge in [0.25, 0.3) is 0 Å². The first-order chi connectivity index (χ1) is 9.97. The maximum Gasteiger partial charge on any atom is 0.234 e. The number of nitrogens with zero attached hydrogens (tertiary/aromatic N) is 1. The number of carbonyl (C=O) groups excluding carboxylic acids is 2. The lowest BCUT2D eigenvalue weighted by Crippen LogP contribution is -2.47. The van der Waals surface area contributed by atoms with E-state index >= 15 is 0 Å². The lowest BCUT2D eigenvalue weighted by Gasteiger charge is -2.34. The van der Waals surface area contributed by atoms with E-state index in [4.69, 9.17) is 5.73 Å². The molecule has 0 bridgehead atoms. The summed E-state index contributed by atoms with van der Waals surface area (Å²) >= 11 is 3.36. The van der Waals surface area contributed by atoms with Gasteiger partial charge in [-0.15, -0.1) is 0 Å². The molecule has 1 aromatic carbocycles. The van der Waals surface area contributed by atoms with Gasteiger partial charge in [-0.2, -0.15) is 0 Å². The Kier molecular flexibility index (Phi) is 5.36. The molecule has 1 atom stereocenters. The van der Waals surface area contributed by atoms with E-state index in [9.17, 15) is 9.59 Å². The van der Waals surface area contributed by atoms with Crippen LogP contribution in [0.5, 0.6) is 0 Å². The summed E-state index contributed by atoms with van der Waals surface area (Å²) in [5.41, 5.74) is 6.11. The van der Waals surface area contributed by atoms with Crippen molar-refractivity contribution in [3.05, 3.63) is 28.7 Å². The molecule has 1 saturated heterocycles.